The zero-order chi connectivity index (χ0) is 22.0. The van der Waals surface area contributed by atoms with Gasteiger partial charge in [-0.2, -0.15) is 13.2 Å². The molecule has 0 spiro atoms. The Morgan fingerprint density at radius 2 is 1.87 bits per heavy atom. The van der Waals surface area contributed by atoms with Gasteiger partial charge >= 0.3 is 6.18 Å². The van der Waals surface area contributed by atoms with Gasteiger partial charge < -0.3 is 10.1 Å². The number of thioether (sulfide) groups is 1. The number of ether oxygens (including phenoxy) is 1. The van der Waals surface area contributed by atoms with Gasteiger partial charge in [-0.3, -0.25) is 4.79 Å². The van der Waals surface area contributed by atoms with Crippen LogP contribution in [-0.4, -0.2) is 28.7 Å². The van der Waals surface area contributed by atoms with Crippen molar-refractivity contribution in [2.75, 3.05) is 12.9 Å². The maximum Gasteiger partial charge on any atom is 0.451 e. The van der Waals surface area contributed by atoms with E-state index >= 15 is 0 Å². The summed E-state index contributed by atoms with van der Waals surface area (Å²) in [7, 11) is 1.59. The molecule has 1 aliphatic carbocycles. The molecule has 2 aromatic carbocycles. The highest BCUT2D eigenvalue weighted by atomic mass is 32.2. The van der Waals surface area contributed by atoms with E-state index in [0.29, 0.717) is 11.3 Å². The number of nitrogens with zero attached hydrogens (tertiary/aromatic N) is 2. The number of hydrogen-bond donors (Lipinski definition) is 1. The number of nitrogens with one attached hydrogen (secondary N) is 1. The SMILES string of the molecule is COc1ccc(C(NC(=O)CSc2nc(C(F)(F)F)nc3ccccc23)C2CC2)cc1. The second kappa shape index (κ2) is 8.74. The van der Waals surface area contributed by atoms with Gasteiger partial charge in [-0.15, -0.1) is 0 Å². The molecule has 1 aliphatic rings. The fraction of sp³-hybridized carbons (Fsp3) is 0.318. The molecule has 1 fully saturated rings. The van der Waals surface area contributed by atoms with Crippen LogP contribution in [-0.2, 0) is 11.0 Å². The van der Waals surface area contributed by atoms with Crippen LogP contribution in [0, 0.1) is 5.92 Å². The summed E-state index contributed by atoms with van der Waals surface area (Å²) >= 11 is 0.981. The Hall–Kier alpha value is -2.81. The van der Waals surface area contributed by atoms with Crippen LogP contribution in [0.5, 0.6) is 5.75 Å². The topological polar surface area (TPSA) is 64.1 Å². The fourth-order valence-electron chi connectivity index (χ4n) is 3.35. The van der Waals surface area contributed by atoms with Gasteiger partial charge in [-0.25, -0.2) is 9.97 Å². The normalized spacial score (nSPS) is 15.0. The number of methoxy groups -OCH3 is 1. The number of halogens is 3. The predicted molar refractivity (Wildman–Crippen MR) is 112 cm³/mol. The number of carbonyl (C=O) groups excluding carboxylic acids is 1. The highest BCUT2D eigenvalue weighted by Crippen LogP contribution is 2.41. The minimum absolute atomic E-state index is 0.0440. The Balaban J connectivity index is 1.49. The molecule has 0 bridgehead atoms. The maximum atomic E-state index is 13.2. The van der Waals surface area contributed by atoms with Crippen LogP contribution in [0.1, 0.15) is 30.3 Å². The van der Waals surface area contributed by atoms with Gasteiger partial charge in [0.15, 0.2) is 0 Å². The number of carbonyl (C=O) groups is 1. The van der Waals surface area contributed by atoms with Crippen molar-refractivity contribution in [2.45, 2.75) is 30.1 Å². The molecule has 1 atom stereocenters. The van der Waals surface area contributed by atoms with Gasteiger partial charge in [-0.05, 0) is 42.5 Å². The largest absolute Gasteiger partial charge is 0.497 e. The molecule has 0 saturated heterocycles. The first-order valence-corrected chi connectivity index (χ1v) is 10.7. The summed E-state index contributed by atoms with van der Waals surface area (Å²) in [5, 5.41) is 3.66. The summed E-state index contributed by atoms with van der Waals surface area (Å²) in [5.41, 5.74) is 1.18. The summed E-state index contributed by atoms with van der Waals surface area (Å²) in [6, 6.07) is 13.9. The molecule has 1 aromatic heterocycles. The zero-order valence-electron chi connectivity index (χ0n) is 16.6. The lowest BCUT2D eigenvalue weighted by Gasteiger charge is -2.19. The second-order valence-corrected chi connectivity index (χ2v) is 8.28. The number of benzene rings is 2. The van der Waals surface area contributed by atoms with Crippen molar-refractivity contribution in [3.63, 3.8) is 0 Å². The minimum Gasteiger partial charge on any atom is -0.497 e. The van der Waals surface area contributed by atoms with Crippen LogP contribution in [0.2, 0.25) is 0 Å². The third-order valence-corrected chi connectivity index (χ3v) is 6.04. The van der Waals surface area contributed by atoms with Crippen LogP contribution in [0.3, 0.4) is 0 Å². The van der Waals surface area contributed by atoms with E-state index in [4.69, 9.17) is 4.74 Å². The molecule has 1 amide bonds. The molecule has 31 heavy (non-hydrogen) atoms. The van der Waals surface area contributed by atoms with Crippen molar-refractivity contribution in [2.24, 2.45) is 5.92 Å². The Kier molecular flexibility index (Phi) is 6.04. The summed E-state index contributed by atoms with van der Waals surface area (Å²) < 4.78 is 44.7. The average molecular weight is 447 g/mol. The van der Waals surface area contributed by atoms with Gasteiger partial charge in [0.2, 0.25) is 11.7 Å². The van der Waals surface area contributed by atoms with Crippen molar-refractivity contribution in [3.8, 4) is 5.75 Å². The molecular formula is C22H20F3N3O2S. The second-order valence-electron chi connectivity index (χ2n) is 7.31. The van der Waals surface area contributed by atoms with Crippen molar-refractivity contribution in [1.29, 1.82) is 0 Å². The standard InChI is InChI=1S/C22H20F3N3O2S/c1-30-15-10-8-14(9-11-15)19(13-6-7-13)27-18(29)12-31-20-16-4-2-3-5-17(16)26-21(28-20)22(23,24)25/h2-5,8-11,13,19H,6-7,12H2,1H3,(H,27,29). The molecular weight excluding hydrogens is 427 g/mol. The molecule has 1 heterocycles. The summed E-state index contributed by atoms with van der Waals surface area (Å²) in [6.45, 7) is 0. The van der Waals surface area contributed by atoms with E-state index < -0.39 is 12.0 Å². The quantitative estimate of drug-likeness (QED) is 0.407. The molecule has 0 radical (unpaired) electrons. The molecule has 1 unspecified atom stereocenters. The van der Waals surface area contributed by atoms with E-state index in [9.17, 15) is 18.0 Å². The number of amides is 1. The number of hydrogen-bond acceptors (Lipinski definition) is 5. The van der Waals surface area contributed by atoms with Crippen LogP contribution in [0.15, 0.2) is 53.6 Å². The number of alkyl halides is 3. The van der Waals surface area contributed by atoms with Crippen LogP contribution in [0.4, 0.5) is 13.2 Å². The lowest BCUT2D eigenvalue weighted by molar-refractivity contribution is -0.145. The average Bonchev–Trinajstić information content (AvgIpc) is 3.60. The Morgan fingerprint density at radius 3 is 2.52 bits per heavy atom. The molecule has 0 aliphatic heterocycles. The van der Waals surface area contributed by atoms with E-state index in [1.54, 1.807) is 25.3 Å². The van der Waals surface area contributed by atoms with E-state index in [1.165, 1.54) is 6.07 Å². The highest BCUT2D eigenvalue weighted by Gasteiger charge is 2.36. The van der Waals surface area contributed by atoms with Crippen molar-refractivity contribution in [1.82, 2.24) is 15.3 Å². The first-order valence-electron chi connectivity index (χ1n) is 9.75. The molecule has 4 rings (SSSR count). The molecule has 5 nitrogen and oxygen atoms in total. The van der Waals surface area contributed by atoms with Crippen molar-refractivity contribution >= 4 is 28.6 Å². The van der Waals surface area contributed by atoms with Crippen LogP contribution < -0.4 is 10.1 Å². The number of aromatic nitrogens is 2. The summed E-state index contributed by atoms with van der Waals surface area (Å²) in [4.78, 5) is 19.9. The lowest BCUT2D eigenvalue weighted by Crippen LogP contribution is -2.31. The summed E-state index contributed by atoms with van der Waals surface area (Å²) in [6.07, 6.45) is -2.61. The molecule has 1 N–H and O–H groups in total. The third kappa shape index (κ3) is 5.10. The van der Waals surface area contributed by atoms with Gasteiger partial charge in [0.1, 0.15) is 10.8 Å². The fourth-order valence-corrected chi connectivity index (χ4v) is 4.18. The smallest absolute Gasteiger partial charge is 0.451 e. The van der Waals surface area contributed by atoms with Gasteiger partial charge in [0.25, 0.3) is 0 Å². The van der Waals surface area contributed by atoms with Crippen molar-refractivity contribution in [3.05, 3.63) is 59.9 Å². The van der Waals surface area contributed by atoms with Crippen molar-refractivity contribution < 1.29 is 22.7 Å². The third-order valence-electron chi connectivity index (χ3n) is 5.05. The molecule has 9 heteroatoms. The van der Waals surface area contributed by atoms with E-state index in [1.807, 2.05) is 24.3 Å². The van der Waals surface area contributed by atoms with E-state index in [0.717, 1.165) is 35.9 Å². The first kappa shape index (κ1) is 21.4. The Bertz CT molecular complexity index is 1090. The molecule has 3 aromatic rings. The number of rotatable bonds is 7. The maximum absolute atomic E-state index is 13.2. The van der Waals surface area contributed by atoms with Gasteiger partial charge in [0, 0.05) is 5.39 Å². The number of fused-ring (bicyclic) bond motifs is 1. The monoisotopic (exact) mass is 447 g/mol. The minimum atomic E-state index is -4.66. The summed E-state index contributed by atoms with van der Waals surface area (Å²) in [5.74, 6) is -0.412. The zero-order valence-corrected chi connectivity index (χ0v) is 17.5. The van der Waals surface area contributed by atoms with Gasteiger partial charge in [0.05, 0.1) is 24.4 Å². The van der Waals surface area contributed by atoms with Crippen LogP contribution in [0.25, 0.3) is 10.9 Å². The number of para-hydroxylation sites is 1. The Morgan fingerprint density at radius 1 is 1.16 bits per heavy atom. The van der Waals surface area contributed by atoms with E-state index in [2.05, 4.69) is 15.3 Å². The van der Waals surface area contributed by atoms with Crippen LogP contribution >= 0.6 is 11.8 Å². The Labute approximate surface area is 181 Å². The molecule has 162 valence electrons. The highest BCUT2D eigenvalue weighted by molar-refractivity contribution is 8.00. The van der Waals surface area contributed by atoms with E-state index in [-0.39, 0.29) is 28.2 Å². The predicted octanol–water partition coefficient (Wildman–Crippen LogP) is 5.02. The van der Waals surface area contributed by atoms with Gasteiger partial charge in [-0.1, -0.05) is 42.1 Å². The first-order chi connectivity index (χ1) is 14.8. The lowest BCUT2D eigenvalue weighted by atomic mass is 10.0. The molecule has 1 saturated carbocycles.